The third-order valence-electron chi connectivity index (χ3n) is 12.8. The molecule has 0 amide bonds. The van der Waals surface area contributed by atoms with Crippen LogP contribution >= 0.6 is 0 Å². The quantitative estimate of drug-likeness (QED) is 0.262. The van der Waals surface area contributed by atoms with Crippen LogP contribution in [0.5, 0.6) is 0 Å². The van der Waals surface area contributed by atoms with Gasteiger partial charge in [-0.2, -0.15) is 5.26 Å². The van der Waals surface area contributed by atoms with Crippen LogP contribution in [0.15, 0.2) is 59.3 Å². The third-order valence-corrected chi connectivity index (χ3v) is 12.8. The van der Waals surface area contributed by atoms with Crippen molar-refractivity contribution in [2.24, 2.45) is 29.4 Å². The van der Waals surface area contributed by atoms with Crippen molar-refractivity contribution in [3.05, 3.63) is 59.3 Å². The van der Waals surface area contributed by atoms with Crippen LogP contribution < -0.4 is 5.73 Å². The van der Waals surface area contributed by atoms with Crippen LogP contribution in [0.3, 0.4) is 0 Å². The van der Waals surface area contributed by atoms with Crippen molar-refractivity contribution in [3.63, 3.8) is 0 Å². The fraction of sp³-hybridized carbons (Fsp3) is 0.714. The van der Waals surface area contributed by atoms with Crippen LogP contribution in [-0.2, 0) is 38.0 Å². The minimum Gasteiger partial charge on any atom is -0.462 e. The Morgan fingerprint density at radius 2 is 1.87 bits per heavy atom. The van der Waals surface area contributed by atoms with E-state index in [2.05, 4.69) is 39.0 Å². The number of methoxy groups -OCH3 is 1. The van der Waals surface area contributed by atoms with Gasteiger partial charge < -0.3 is 49.1 Å². The SMILES string of the molecule is CCC(C)[C@H]1O[C@]2(C=C[C@@H]1C)C[C@@H]1C[C@@H](C/C=C(\C)[C@@H](O[C@H]3C[C@H](OC)[C@@](N)(C#N)[C@H](C)O3)C(C)/C=C/C=C3\COC4[C@H](O)C(C)=C[C@@H](C(=O)O1)[C@]34O)O2. The van der Waals surface area contributed by atoms with Crippen molar-refractivity contribution >= 4 is 5.97 Å². The van der Waals surface area contributed by atoms with Gasteiger partial charge in [-0.1, -0.05) is 70.6 Å². The number of aliphatic hydroxyl groups is 2. The normalized spacial score (nSPS) is 48.6. The van der Waals surface area contributed by atoms with E-state index in [1.54, 1.807) is 26.0 Å². The first-order valence-electron chi connectivity index (χ1n) is 19.6. The summed E-state index contributed by atoms with van der Waals surface area (Å²) >= 11 is 0. The molecule has 0 saturated carbocycles. The summed E-state index contributed by atoms with van der Waals surface area (Å²) in [5.74, 6) is -2.56. The Hall–Kier alpha value is -2.70. The highest BCUT2D eigenvalue weighted by Gasteiger charge is 2.60. The predicted octanol–water partition coefficient (Wildman–Crippen LogP) is 4.70. The molecule has 5 heterocycles. The number of ether oxygens (including phenoxy) is 7. The second-order valence-corrected chi connectivity index (χ2v) is 16.5. The van der Waals surface area contributed by atoms with Gasteiger partial charge in [0, 0.05) is 38.2 Å². The standard InChI is InChI=1S/C42H60N2O10/c1-9-23(2)37-26(5)15-16-40(54-37)20-31-18-30(53-40)14-13-25(4)36(52-34-19-33(48-8)41(44,22-43)28(7)50-34)24(3)11-10-12-29-21-49-38-35(45)27(6)17-32(39(46)51-31)42(29,38)47/h10-13,15-17,23-24,26,28,30-38,45,47H,9,14,18-21,44H2,1-8H3/b11-10+,25-13+,29-12+/t23?,24?,26-,28-,30+,31-,32-,33-,34-,35+,36-,37+,38?,40+,41+,42+/m0/s1. The Morgan fingerprint density at radius 3 is 2.57 bits per heavy atom. The van der Waals surface area contributed by atoms with Gasteiger partial charge in [0.05, 0.1) is 43.2 Å². The molecule has 3 unspecified atom stereocenters. The molecular formula is C42H60N2O10. The smallest absolute Gasteiger partial charge is 0.316 e. The molecule has 12 heteroatoms. The molecule has 0 aromatic rings. The van der Waals surface area contributed by atoms with E-state index in [4.69, 9.17) is 38.9 Å². The lowest BCUT2D eigenvalue weighted by molar-refractivity contribution is -0.300. The van der Waals surface area contributed by atoms with Crippen molar-refractivity contribution in [1.29, 1.82) is 5.26 Å². The number of nitrogens with two attached hydrogens (primary N) is 1. The monoisotopic (exact) mass is 752 g/mol. The van der Waals surface area contributed by atoms with Crippen LogP contribution in [-0.4, -0.2) is 102 Å². The lowest BCUT2D eigenvalue weighted by atomic mass is 9.71. The van der Waals surface area contributed by atoms with E-state index >= 15 is 0 Å². The summed E-state index contributed by atoms with van der Waals surface area (Å²) in [6, 6.07) is 2.18. The number of hydrogen-bond donors (Lipinski definition) is 3. The lowest BCUT2D eigenvalue weighted by Crippen LogP contribution is -2.64. The zero-order chi connectivity index (χ0) is 39.2. The molecule has 0 aromatic carbocycles. The first kappa shape index (κ1) is 40.9. The molecule has 0 radical (unpaired) electrons. The van der Waals surface area contributed by atoms with Crippen molar-refractivity contribution < 1.29 is 48.2 Å². The zero-order valence-electron chi connectivity index (χ0n) is 33.0. The molecule has 0 aromatic heterocycles. The van der Waals surface area contributed by atoms with E-state index in [0.717, 1.165) is 12.0 Å². The largest absolute Gasteiger partial charge is 0.462 e. The molecule has 2 bridgehead atoms. The zero-order valence-corrected chi connectivity index (χ0v) is 33.0. The Labute approximate surface area is 319 Å². The summed E-state index contributed by atoms with van der Waals surface area (Å²) in [6.45, 7) is 14.0. The van der Waals surface area contributed by atoms with Gasteiger partial charge in [-0.3, -0.25) is 4.79 Å². The van der Waals surface area contributed by atoms with Gasteiger partial charge in [-0.05, 0) is 55.9 Å². The van der Waals surface area contributed by atoms with Gasteiger partial charge in [0.25, 0.3) is 0 Å². The molecule has 54 heavy (non-hydrogen) atoms. The molecule has 1 spiro atoms. The summed E-state index contributed by atoms with van der Waals surface area (Å²) in [5.41, 5.74) is 5.20. The number of allylic oxidation sites excluding steroid dienone is 2. The van der Waals surface area contributed by atoms with Gasteiger partial charge in [-0.15, -0.1) is 0 Å². The van der Waals surface area contributed by atoms with Crippen molar-refractivity contribution in [1.82, 2.24) is 0 Å². The number of nitrogens with zero attached hydrogens (tertiary/aromatic N) is 1. The molecule has 12 nitrogen and oxygen atoms in total. The minimum absolute atomic E-state index is 0.0307. The summed E-state index contributed by atoms with van der Waals surface area (Å²) in [7, 11) is 1.53. The van der Waals surface area contributed by atoms with E-state index in [1.807, 2.05) is 32.1 Å². The first-order valence-corrected chi connectivity index (χ1v) is 19.6. The average molecular weight is 753 g/mol. The molecule has 16 atom stereocenters. The Bertz CT molecular complexity index is 1600. The van der Waals surface area contributed by atoms with Gasteiger partial charge in [0.15, 0.2) is 17.6 Å². The van der Waals surface area contributed by atoms with E-state index in [9.17, 15) is 20.3 Å². The van der Waals surface area contributed by atoms with Gasteiger partial charge >= 0.3 is 5.97 Å². The molecule has 5 aliphatic heterocycles. The fourth-order valence-corrected chi connectivity index (χ4v) is 9.11. The number of carbonyl (C=O) groups is 1. The highest BCUT2D eigenvalue weighted by molar-refractivity contribution is 5.78. The first-order chi connectivity index (χ1) is 25.6. The molecular weight excluding hydrogens is 692 g/mol. The summed E-state index contributed by atoms with van der Waals surface area (Å²) in [5, 5.41) is 33.4. The molecule has 6 aliphatic rings. The summed E-state index contributed by atoms with van der Waals surface area (Å²) in [4.78, 5) is 14.2. The number of hydrogen-bond acceptors (Lipinski definition) is 12. The maximum atomic E-state index is 14.2. The summed E-state index contributed by atoms with van der Waals surface area (Å²) in [6.07, 6.45) is 10.1. The highest BCUT2D eigenvalue weighted by Crippen LogP contribution is 2.47. The van der Waals surface area contributed by atoms with Crippen LogP contribution in [0, 0.1) is 35.0 Å². The summed E-state index contributed by atoms with van der Waals surface area (Å²) < 4.78 is 44.6. The molecule has 298 valence electrons. The Morgan fingerprint density at radius 1 is 1.11 bits per heavy atom. The lowest BCUT2D eigenvalue weighted by Gasteiger charge is -2.48. The van der Waals surface area contributed by atoms with Gasteiger partial charge in [0.1, 0.15) is 29.8 Å². The maximum Gasteiger partial charge on any atom is 0.316 e. The Kier molecular flexibility index (Phi) is 12.2. The van der Waals surface area contributed by atoms with E-state index in [1.165, 1.54) is 7.11 Å². The van der Waals surface area contributed by atoms with Gasteiger partial charge in [0.2, 0.25) is 0 Å². The highest BCUT2D eigenvalue weighted by atomic mass is 16.7. The van der Waals surface area contributed by atoms with E-state index < -0.39 is 71.7 Å². The second kappa shape index (κ2) is 16.0. The molecule has 6 rings (SSSR count). The molecule has 3 saturated heterocycles. The van der Waals surface area contributed by atoms with Crippen LogP contribution in [0.4, 0.5) is 0 Å². The average Bonchev–Trinajstić information content (AvgIpc) is 3.49. The minimum atomic E-state index is -1.83. The number of aliphatic hydroxyl groups excluding tert-OH is 1. The molecule has 1 aliphatic carbocycles. The number of rotatable bonds is 5. The van der Waals surface area contributed by atoms with Crippen molar-refractivity contribution in [3.8, 4) is 6.07 Å². The fourth-order valence-electron chi connectivity index (χ4n) is 9.11. The van der Waals surface area contributed by atoms with Crippen molar-refractivity contribution in [2.45, 2.75) is 153 Å². The number of fused-ring (bicyclic) bond motifs is 2. The Balaban J connectivity index is 1.39. The molecule has 3 fully saturated rings. The molecule has 4 N–H and O–H groups in total. The topological polar surface area (TPSA) is 172 Å². The number of esters is 1. The van der Waals surface area contributed by atoms with Crippen LogP contribution in [0.1, 0.15) is 80.6 Å². The maximum absolute atomic E-state index is 14.2. The predicted molar refractivity (Wildman–Crippen MR) is 199 cm³/mol. The second-order valence-electron chi connectivity index (χ2n) is 16.5. The van der Waals surface area contributed by atoms with Crippen molar-refractivity contribution in [2.75, 3.05) is 13.7 Å². The number of carbonyl (C=O) groups excluding carboxylic acids is 1. The van der Waals surface area contributed by atoms with Gasteiger partial charge in [-0.25, -0.2) is 0 Å². The number of nitriles is 1. The van der Waals surface area contributed by atoms with Crippen LogP contribution in [0.25, 0.3) is 0 Å². The van der Waals surface area contributed by atoms with E-state index in [-0.39, 0.29) is 43.0 Å². The third kappa shape index (κ3) is 7.57. The van der Waals surface area contributed by atoms with E-state index in [0.29, 0.717) is 30.4 Å². The van der Waals surface area contributed by atoms with Crippen LogP contribution in [0.2, 0.25) is 0 Å².